The lowest BCUT2D eigenvalue weighted by Crippen LogP contribution is -2.14. The van der Waals surface area contributed by atoms with Gasteiger partial charge >= 0.3 is 0 Å². The zero-order valence-electron chi connectivity index (χ0n) is 10.5. The molecule has 0 spiro atoms. The molecule has 0 aromatic carbocycles. The number of unbranched alkanes of at least 4 members (excludes halogenated alkanes) is 1. The Balaban J connectivity index is 1.96. The predicted molar refractivity (Wildman–Crippen MR) is 75.8 cm³/mol. The van der Waals surface area contributed by atoms with Crippen molar-refractivity contribution in [2.75, 3.05) is 5.75 Å². The molecule has 1 aliphatic rings. The highest BCUT2D eigenvalue weighted by atomic mass is 32.4. The summed E-state index contributed by atoms with van der Waals surface area (Å²) in [6.45, 7) is 7.26. The smallest absolute Gasteiger partial charge is 0.108 e. The van der Waals surface area contributed by atoms with Gasteiger partial charge in [-0.05, 0) is 37.7 Å². The number of nitrogens with zero attached hydrogens (tertiary/aromatic N) is 1. The van der Waals surface area contributed by atoms with E-state index < -0.39 is 7.22 Å². The van der Waals surface area contributed by atoms with Crippen molar-refractivity contribution in [2.45, 2.75) is 64.2 Å². The molecular weight excluding hydrogens is 218 g/mol. The lowest BCUT2D eigenvalue weighted by Gasteiger charge is -2.14. The summed E-state index contributed by atoms with van der Waals surface area (Å²) < 4.78 is 0. The van der Waals surface area contributed by atoms with Crippen molar-refractivity contribution in [3.63, 3.8) is 0 Å². The fourth-order valence-corrected chi connectivity index (χ4v) is 5.02. The van der Waals surface area contributed by atoms with Crippen LogP contribution in [0.4, 0.5) is 0 Å². The highest BCUT2D eigenvalue weighted by Gasteiger charge is 2.13. The van der Waals surface area contributed by atoms with Gasteiger partial charge in [0.2, 0.25) is 0 Å². The summed E-state index contributed by atoms with van der Waals surface area (Å²) in [6.07, 6.45) is 10.1. The van der Waals surface area contributed by atoms with Crippen LogP contribution in [0.5, 0.6) is 0 Å². The minimum Gasteiger partial charge on any atom is -0.294 e. The van der Waals surface area contributed by atoms with Crippen molar-refractivity contribution < 1.29 is 0 Å². The first-order valence-corrected chi connectivity index (χ1v) is 11.4. The van der Waals surface area contributed by atoms with Gasteiger partial charge in [-0.2, -0.15) is 11.2 Å². The van der Waals surface area contributed by atoms with Gasteiger partial charge in [-0.3, -0.25) is 4.99 Å². The summed E-state index contributed by atoms with van der Waals surface area (Å²) in [6, 6.07) is 0.676. The maximum absolute atomic E-state index is 4.63. The van der Waals surface area contributed by atoms with Gasteiger partial charge in [0.1, 0.15) is 7.22 Å². The second kappa shape index (κ2) is 6.74. The van der Waals surface area contributed by atoms with Gasteiger partial charge in [-0.1, -0.05) is 32.5 Å². The highest BCUT2D eigenvalue weighted by Crippen LogP contribution is 2.21. The molecule has 0 unspecified atom stereocenters. The van der Waals surface area contributed by atoms with Crippen LogP contribution in [0, 0.1) is 0 Å². The molecule has 0 saturated heterocycles. The Labute approximate surface area is 99.8 Å². The minimum absolute atomic E-state index is 0.676. The summed E-state index contributed by atoms with van der Waals surface area (Å²) in [5.41, 5.74) is 0. The zero-order chi connectivity index (χ0) is 11.1. The van der Waals surface area contributed by atoms with Crippen molar-refractivity contribution in [2.24, 2.45) is 4.99 Å². The van der Waals surface area contributed by atoms with Crippen LogP contribution >= 0.6 is 11.2 Å². The topological polar surface area (TPSA) is 12.4 Å². The molecule has 0 radical (unpaired) electrons. The Morgan fingerprint density at radius 2 is 1.93 bits per heavy atom. The molecule has 15 heavy (non-hydrogen) atoms. The SMILES string of the molecule is C[Si](C)(C)SCCCC=NC1CCCC1. The van der Waals surface area contributed by atoms with E-state index in [1.165, 1.54) is 44.3 Å². The van der Waals surface area contributed by atoms with Crippen molar-refractivity contribution >= 4 is 24.6 Å². The minimum atomic E-state index is -0.871. The standard InChI is InChI=1S/C12H25NSSi/c1-15(2,3)14-11-7-6-10-13-12-8-4-5-9-12/h10,12H,4-9,11H2,1-3H3. The predicted octanol–water partition coefficient (Wildman–Crippen LogP) is 4.35. The van der Waals surface area contributed by atoms with E-state index >= 15 is 0 Å². The van der Waals surface area contributed by atoms with E-state index in [1.807, 2.05) is 0 Å². The molecule has 1 fully saturated rings. The third-order valence-corrected chi connectivity index (χ3v) is 7.22. The molecule has 1 aliphatic carbocycles. The van der Waals surface area contributed by atoms with Crippen LogP contribution in [0.1, 0.15) is 38.5 Å². The van der Waals surface area contributed by atoms with Crippen LogP contribution < -0.4 is 0 Å². The first-order chi connectivity index (χ1) is 7.08. The summed E-state index contributed by atoms with van der Waals surface area (Å²) >= 11 is 2.19. The molecule has 0 heterocycles. The quantitative estimate of drug-likeness (QED) is 0.384. The average molecular weight is 243 g/mol. The third-order valence-electron chi connectivity index (χ3n) is 2.65. The van der Waals surface area contributed by atoms with Gasteiger partial charge in [-0.25, -0.2) is 0 Å². The highest BCUT2D eigenvalue weighted by molar-refractivity contribution is 8.28. The molecule has 0 N–H and O–H groups in total. The summed E-state index contributed by atoms with van der Waals surface area (Å²) in [5, 5.41) is 0. The summed E-state index contributed by atoms with van der Waals surface area (Å²) in [5.74, 6) is 1.33. The van der Waals surface area contributed by atoms with Crippen LogP contribution in [0.2, 0.25) is 19.6 Å². The molecule has 1 rings (SSSR count). The molecular formula is C12H25NSSi. The lowest BCUT2D eigenvalue weighted by atomic mass is 10.3. The van der Waals surface area contributed by atoms with Gasteiger partial charge in [0.25, 0.3) is 0 Å². The van der Waals surface area contributed by atoms with E-state index in [9.17, 15) is 0 Å². The van der Waals surface area contributed by atoms with E-state index in [-0.39, 0.29) is 0 Å². The molecule has 0 aliphatic heterocycles. The van der Waals surface area contributed by atoms with Crippen molar-refractivity contribution in [1.82, 2.24) is 0 Å². The first kappa shape index (κ1) is 13.3. The van der Waals surface area contributed by atoms with Crippen LogP contribution in [0.25, 0.3) is 0 Å². The fraction of sp³-hybridized carbons (Fsp3) is 0.917. The van der Waals surface area contributed by atoms with Crippen LogP contribution in [0.15, 0.2) is 4.99 Å². The Morgan fingerprint density at radius 3 is 2.53 bits per heavy atom. The van der Waals surface area contributed by atoms with E-state index in [2.05, 4.69) is 42.1 Å². The van der Waals surface area contributed by atoms with E-state index in [4.69, 9.17) is 0 Å². The van der Waals surface area contributed by atoms with Gasteiger partial charge in [0.15, 0.2) is 0 Å². The Kier molecular flexibility index (Phi) is 5.98. The maximum Gasteiger partial charge on any atom is 0.108 e. The Morgan fingerprint density at radius 1 is 1.27 bits per heavy atom. The number of aliphatic imine (C=N–C) groups is 1. The second-order valence-electron chi connectivity index (χ2n) is 5.37. The van der Waals surface area contributed by atoms with Crippen LogP contribution in [0.3, 0.4) is 0 Å². The van der Waals surface area contributed by atoms with Gasteiger partial charge in [0.05, 0.1) is 0 Å². The second-order valence-corrected chi connectivity index (χ2v) is 14.8. The Hall–Kier alpha value is 0.237. The van der Waals surface area contributed by atoms with Gasteiger partial charge in [0, 0.05) is 6.04 Å². The van der Waals surface area contributed by atoms with Crippen molar-refractivity contribution in [3.8, 4) is 0 Å². The van der Waals surface area contributed by atoms with Gasteiger partial charge in [-0.15, -0.1) is 0 Å². The lowest BCUT2D eigenvalue weighted by molar-refractivity contribution is 0.707. The van der Waals surface area contributed by atoms with E-state index in [1.54, 1.807) is 0 Å². The van der Waals surface area contributed by atoms with Crippen molar-refractivity contribution in [3.05, 3.63) is 0 Å². The first-order valence-electron chi connectivity index (χ1n) is 6.23. The van der Waals surface area contributed by atoms with E-state index in [0.29, 0.717) is 6.04 Å². The number of hydrogen-bond donors (Lipinski definition) is 0. The molecule has 0 amide bonds. The monoisotopic (exact) mass is 243 g/mol. The van der Waals surface area contributed by atoms with Gasteiger partial charge < -0.3 is 0 Å². The largest absolute Gasteiger partial charge is 0.294 e. The van der Waals surface area contributed by atoms with E-state index in [0.717, 1.165) is 0 Å². The number of rotatable bonds is 6. The molecule has 0 bridgehead atoms. The summed E-state index contributed by atoms with van der Waals surface area (Å²) in [7, 11) is -0.871. The Bertz CT molecular complexity index is 192. The molecule has 88 valence electrons. The van der Waals surface area contributed by atoms with Crippen molar-refractivity contribution in [1.29, 1.82) is 0 Å². The molecule has 0 atom stereocenters. The summed E-state index contributed by atoms with van der Waals surface area (Å²) in [4.78, 5) is 4.63. The zero-order valence-corrected chi connectivity index (χ0v) is 12.3. The van der Waals surface area contributed by atoms with Crippen LogP contribution in [-0.4, -0.2) is 25.2 Å². The fourth-order valence-electron chi connectivity index (χ4n) is 1.83. The molecule has 1 saturated carbocycles. The van der Waals surface area contributed by atoms with Crippen LogP contribution in [-0.2, 0) is 0 Å². The number of hydrogen-bond acceptors (Lipinski definition) is 2. The molecule has 0 aromatic rings. The molecule has 1 nitrogen and oxygen atoms in total. The normalized spacial score (nSPS) is 19.1. The average Bonchev–Trinajstić information content (AvgIpc) is 2.61. The third kappa shape index (κ3) is 7.18. The molecule has 3 heteroatoms. The molecule has 0 aromatic heterocycles. The maximum atomic E-state index is 4.63.